The highest BCUT2D eigenvalue weighted by atomic mass is 19.1. The van der Waals surface area contributed by atoms with Crippen LogP contribution in [0, 0.1) is 5.82 Å². The lowest BCUT2D eigenvalue weighted by atomic mass is 10.3. The van der Waals surface area contributed by atoms with E-state index in [1.165, 1.54) is 12.1 Å². The molecule has 0 saturated heterocycles. The van der Waals surface area contributed by atoms with E-state index in [9.17, 15) is 4.39 Å². The highest BCUT2D eigenvalue weighted by molar-refractivity contribution is 5.22. The van der Waals surface area contributed by atoms with Crippen molar-refractivity contribution < 1.29 is 18.4 Å². The molecule has 2 rings (SSSR count). The summed E-state index contributed by atoms with van der Waals surface area (Å²) in [6, 6.07) is 7.68. The van der Waals surface area contributed by atoms with Crippen LogP contribution in [0.1, 0.15) is 11.5 Å². The number of benzene rings is 1. The van der Waals surface area contributed by atoms with Crippen LogP contribution in [0.2, 0.25) is 0 Å². The molecule has 4 nitrogen and oxygen atoms in total. The first kappa shape index (κ1) is 11.6. The Labute approximate surface area is 97.9 Å². The first-order valence-corrected chi connectivity index (χ1v) is 5.09. The molecule has 0 N–H and O–H groups in total. The van der Waals surface area contributed by atoms with Gasteiger partial charge in [-0.15, -0.1) is 0 Å². The van der Waals surface area contributed by atoms with Gasteiger partial charge in [-0.2, -0.15) is 0 Å². The van der Waals surface area contributed by atoms with E-state index in [1.807, 2.05) is 0 Å². The van der Waals surface area contributed by atoms with Gasteiger partial charge in [0.05, 0.1) is 0 Å². The van der Waals surface area contributed by atoms with Gasteiger partial charge in [-0.05, 0) is 12.1 Å². The van der Waals surface area contributed by atoms with Crippen LogP contribution < -0.4 is 4.74 Å². The molecule has 0 radical (unpaired) electrons. The lowest BCUT2D eigenvalue weighted by Gasteiger charge is -2.02. The molecule has 17 heavy (non-hydrogen) atoms. The molecular weight excluding hydrogens is 225 g/mol. The number of halogens is 1. The molecule has 0 aliphatic rings. The average molecular weight is 237 g/mol. The minimum absolute atomic E-state index is 0.233. The molecular formula is C12H12FNO3. The van der Waals surface area contributed by atoms with E-state index in [2.05, 4.69) is 5.16 Å². The number of hydrogen-bond donors (Lipinski definition) is 0. The van der Waals surface area contributed by atoms with Crippen LogP contribution in [-0.2, 0) is 18.0 Å². The third kappa shape index (κ3) is 3.29. The van der Waals surface area contributed by atoms with E-state index in [4.69, 9.17) is 14.0 Å². The van der Waals surface area contributed by atoms with Crippen molar-refractivity contribution in [1.29, 1.82) is 0 Å². The molecule has 0 saturated carbocycles. The predicted molar refractivity (Wildman–Crippen MR) is 57.9 cm³/mol. The number of methoxy groups -OCH3 is 1. The van der Waals surface area contributed by atoms with Gasteiger partial charge in [0.15, 0.2) is 5.76 Å². The normalized spacial score (nSPS) is 10.5. The lowest BCUT2D eigenvalue weighted by molar-refractivity contribution is 0.155. The predicted octanol–water partition coefficient (Wildman–Crippen LogP) is 2.54. The highest BCUT2D eigenvalue weighted by Gasteiger charge is 2.04. The summed E-state index contributed by atoms with van der Waals surface area (Å²) >= 11 is 0. The zero-order valence-corrected chi connectivity index (χ0v) is 9.35. The Morgan fingerprint density at radius 2 is 2.18 bits per heavy atom. The average Bonchev–Trinajstić information content (AvgIpc) is 2.75. The smallest absolute Gasteiger partial charge is 0.162 e. The van der Waals surface area contributed by atoms with Gasteiger partial charge in [-0.1, -0.05) is 11.2 Å². The molecule has 1 aromatic carbocycles. The minimum atomic E-state index is -0.331. The van der Waals surface area contributed by atoms with E-state index in [-0.39, 0.29) is 12.4 Å². The molecule has 0 spiro atoms. The van der Waals surface area contributed by atoms with Crippen LogP contribution >= 0.6 is 0 Å². The summed E-state index contributed by atoms with van der Waals surface area (Å²) in [5.41, 5.74) is 0.640. The molecule has 5 heteroatoms. The van der Waals surface area contributed by atoms with E-state index < -0.39 is 0 Å². The van der Waals surface area contributed by atoms with Gasteiger partial charge in [0, 0.05) is 19.2 Å². The molecule has 0 aliphatic heterocycles. The largest absolute Gasteiger partial charge is 0.487 e. The summed E-state index contributed by atoms with van der Waals surface area (Å²) in [5.74, 6) is 0.759. The van der Waals surface area contributed by atoms with Crippen molar-refractivity contribution in [3.05, 3.63) is 47.6 Å². The van der Waals surface area contributed by atoms with Crippen LogP contribution in [0.3, 0.4) is 0 Å². The Hall–Kier alpha value is -1.88. The van der Waals surface area contributed by atoms with Crippen LogP contribution in [0.25, 0.3) is 0 Å². The number of hydrogen-bond acceptors (Lipinski definition) is 4. The molecule has 1 aromatic heterocycles. The number of rotatable bonds is 5. The molecule has 90 valence electrons. The number of nitrogens with zero attached hydrogens (tertiary/aromatic N) is 1. The topological polar surface area (TPSA) is 44.5 Å². The van der Waals surface area contributed by atoms with Crippen LogP contribution in [0.15, 0.2) is 34.9 Å². The van der Waals surface area contributed by atoms with Crippen molar-refractivity contribution in [3.8, 4) is 5.75 Å². The maximum absolute atomic E-state index is 12.9. The summed E-state index contributed by atoms with van der Waals surface area (Å²) in [5, 5.41) is 3.80. The fourth-order valence-corrected chi connectivity index (χ4v) is 1.35. The Balaban J connectivity index is 1.93. The highest BCUT2D eigenvalue weighted by Crippen LogP contribution is 2.14. The van der Waals surface area contributed by atoms with Crippen molar-refractivity contribution >= 4 is 0 Å². The Kier molecular flexibility index (Phi) is 3.72. The number of aromatic nitrogens is 1. The summed E-state index contributed by atoms with van der Waals surface area (Å²) in [6.45, 7) is 0.601. The van der Waals surface area contributed by atoms with Crippen molar-refractivity contribution in [3.63, 3.8) is 0 Å². The van der Waals surface area contributed by atoms with Crippen molar-refractivity contribution in [2.75, 3.05) is 7.11 Å². The van der Waals surface area contributed by atoms with Gasteiger partial charge in [-0.25, -0.2) is 4.39 Å². The standard InChI is InChI=1S/C12H12FNO3/c1-15-8-12-6-10(14-17-12)7-16-11-4-2-3-9(13)5-11/h2-6H,7-8H2,1H3. The summed E-state index contributed by atoms with van der Waals surface area (Å²) in [4.78, 5) is 0. The van der Waals surface area contributed by atoms with Gasteiger partial charge in [0.1, 0.15) is 30.5 Å². The minimum Gasteiger partial charge on any atom is -0.487 e. The molecule has 0 unspecified atom stereocenters. The van der Waals surface area contributed by atoms with Crippen molar-refractivity contribution in [2.45, 2.75) is 13.2 Å². The molecule has 0 aliphatic carbocycles. The van der Waals surface area contributed by atoms with Gasteiger partial charge < -0.3 is 14.0 Å². The van der Waals surface area contributed by atoms with Gasteiger partial charge in [0.2, 0.25) is 0 Å². The molecule has 1 heterocycles. The zero-order chi connectivity index (χ0) is 12.1. The second-order valence-electron chi connectivity index (χ2n) is 3.46. The molecule has 2 aromatic rings. The SMILES string of the molecule is COCc1cc(COc2cccc(F)c2)no1. The van der Waals surface area contributed by atoms with E-state index >= 15 is 0 Å². The van der Waals surface area contributed by atoms with Gasteiger partial charge >= 0.3 is 0 Å². The Bertz CT molecular complexity index is 484. The second-order valence-corrected chi connectivity index (χ2v) is 3.46. The Morgan fingerprint density at radius 1 is 1.29 bits per heavy atom. The maximum atomic E-state index is 12.9. The summed E-state index contributed by atoms with van der Waals surface area (Å²) in [6.07, 6.45) is 0. The van der Waals surface area contributed by atoms with Gasteiger partial charge in [-0.3, -0.25) is 0 Å². The van der Waals surface area contributed by atoms with Crippen LogP contribution in [-0.4, -0.2) is 12.3 Å². The summed E-state index contributed by atoms with van der Waals surface area (Å²) in [7, 11) is 1.57. The molecule has 0 atom stereocenters. The number of ether oxygens (including phenoxy) is 2. The van der Waals surface area contributed by atoms with E-state index in [1.54, 1.807) is 25.3 Å². The first-order valence-electron chi connectivity index (χ1n) is 5.09. The maximum Gasteiger partial charge on any atom is 0.162 e. The van der Waals surface area contributed by atoms with Crippen molar-refractivity contribution in [1.82, 2.24) is 5.16 Å². The van der Waals surface area contributed by atoms with Crippen LogP contribution in [0.5, 0.6) is 5.75 Å². The first-order chi connectivity index (χ1) is 8.28. The van der Waals surface area contributed by atoms with E-state index in [0.717, 1.165) is 0 Å². The monoisotopic (exact) mass is 237 g/mol. The fraction of sp³-hybridized carbons (Fsp3) is 0.250. The third-order valence-electron chi connectivity index (χ3n) is 2.08. The lowest BCUT2D eigenvalue weighted by Crippen LogP contribution is -1.95. The summed E-state index contributed by atoms with van der Waals surface area (Å²) < 4.78 is 28.1. The quantitative estimate of drug-likeness (QED) is 0.801. The molecule has 0 bridgehead atoms. The van der Waals surface area contributed by atoms with E-state index in [0.29, 0.717) is 23.8 Å². The van der Waals surface area contributed by atoms with Crippen molar-refractivity contribution in [2.24, 2.45) is 0 Å². The third-order valence-corrected chi connectivity index (χ3v) is 2.08. The zero-order valence-electron chi connectivity index (χ0n) is 9.35. The van der Waals surface area contributed by atoms with Crippen LogP contribution in [0.4, 0.5) is 4.39 Å². The van der Waals surface area contributed by atoms with Gasteiger partial charge in [0.25, 0.3) is 0 Å². The molecule has 0 fully saturated rings. The second kappa shape index (κ2) is 5.45. The molecule has 0 amide bonds. The Morgan fingerprint density at radius 3 is 2.94 bits per heavy atom. The fourth-order valence-electron chi connectivity index (χ4n) is 1.35.